The third kappa shape index (κ3) is 7.12. The highest BCUT2D eigenvalue weighted by atomic mass is 14.3. The summed E-state index contributed by atoms with van der Waals surface area (Å²) >= 11 is 0. The zero-order valence-corrected chi connectivity index (χ0v) is 21.6. The van der Waals surface area contributed by atoms with Crippen LogP contribution >= 0.6 is 0 Å². The standard InChI is InChI=1S/C34H44/c1-3-5-7-27-11-19-31(20-12-27)33-23-15-29(16-24-33)9-10-30-17-25-34(26-18-30)32-21-13-28(14-22-32)8-6-4-2/h11-12,15-17,19-20,23-24,28,32,34H,3-8,13-14,18,21-22,25-26H2,1-2H3. The van der Waals surface area contributed by atoms with Crippen LogP contribution in [0.15, 0.2) is 60.2 Å². The number of rotatable bonds is 8. The Morgan fingerprint density at radius 3 is 2.00 bits per heavy atom. The van der Waals surface area contributed by atoms with Gasteiger partial charge >= 0.3 is 0 Å². The Kier molecular flexibility index (Phi) is 9.50. The summed E-state index contributed by atoms with van der Waals surface area (Å²) < 4.78 is 0. The predicted octanol–water partition coefficient (Wildman–Crippen LogP) is 9.77. The van der Waals surface area contributed by atoms with E-state index in [0.29, 0.717) is 0 Å². The molecule has 1 saturated carbocycles. The Morgan fingerprint density at radius 2 is 1.38 bits per heavy atom. The van der Waals surface area contributed by atoms with Crippen molar-refractivity contribution in [3.8, 4) is 23.0 Å². The third-order valence-corrected chi connectivity index (χ3v) is 8.33. The molecule has 0 heterocycles. The van der Waals surface area contributed by atoms with Gasteiger partial charge in [0.05, 0.1) is 0 Å². The van der Waals surface area contributed by atoms with Gasteiger partial charge in [0.25, 0.3) is 0 Å². The van der Waals surface area contributed by atoms with Gasteiger partial charge in [0.2, 0.25) is 0 Å². The van der Waals surface area contributed by atoms with Crippen LogP contribution in [-0.4, -0.2) is 0 Å². The highest BCUT2D eigenvalue weighted by Gasteiger charge is 2.28. The van der Waals surface area contributed by atoms with E-state index in [1.807, 2.05) is 0 Å². The molecule has 2 aliphatic carbocycles. The second-order valence-corrected chi connectivity index (χ2v) is 10.8. The maximum atomic E-state index is 3.49. The number of allylic oxidation sites excluding steroid dienone is 2. The summed E-state index contributed by atoms with van der Waals surface area (Å²) in [6, 6.07) is 17.9. The van der Waals surface area contributed by atoms with Crippen molar-refractivity contribution >= 4 is 0 Å². The minimum atomic E-state index is 0.908. The van der Waals surface area contributed by atoms with Crippen LogP contribution in [0.3, 0.4) is 0 Å². The molecule has 0 amide bonds. The van der Waals surface area contributed by atoms with Crippen molar-refractivity contribution in [1.82, 2.24) is 0 Å². The molecule has 0 radical (unpaired) electrons. The predicted molar refractivity (Wildman–Crippen MR) is 148 cm³/mol. The van der Waals surface area contributed by atoms with E-state index >= 15 is 0 Å². The number of hydrogen-bond donors (Lipinski definition) is 0. The fourth-order valence-corrected chi connectivity index (χ4v) is 5.98. The van der Waals surface area contributed by atoms with Crippen molar-refractivity contribution in [3.63, 3.8) is 0 Å². The van der Waals surface area contributed by atoms with Crippen LogP contribution in [0.5, 0.6) is 0 Å². The summed E-state index contributed by atoms with van der Waals surface area (Å²) in [5.74, 6) is 9.81. The van der Waals surface area contributed by atoms with Gasteiger partial charge in [-0.3, -0.25) is 0 Å². The molecule has 2 aromatic carbocycles. The normalized spacial score (nSPS) is 22.5. The van der Waals surface area contributed by atoms with Gasteiger partial charge in [-0.2, -0.15) is 0 Å². The minimum Gasteiger partial charge on any atom is -0.0726 e. The molecule has 34 heavy (non-hydrogen) atoms. The molecule has 4 rings (SSSR count). The molecule has 0 bridgehead atoms. The van der Waals surface area contributed by atoms with Crippen LogP contribution < -0.4 is 0 Å². The first-order chi connectivity index (χ1) is 16.7. The summed E-state index contributed by atoms with van der Waals surface area (Å²) in [6.45, 7) is 4.57. The Hall–Kier alpha value is -2.26. The van der Waals surface area contributed by atoms with Gasteiger partial charge in [0.15, 0.2) is 0 Å². The molecule has 0 heteroatoms. The lowest BCUT2D eigenvalue weighted by molar-refractivity contribution is 0.186. The second kappa shape index (κ2) is 13.0. The smallest absolute Gasteiger partial charge is 0.0249 e. The van der Waals surface area contributed by atoms with E-state index in [1.165, 1.54) is 106 Å². The Morgan fingerprint density at radius 1 is 0.706 bits per heavy atom. The molecule has 0 N–H and O–H groups in total. The van der Waals surface area contributed by atoms with Gasteiger partial charge in [-0.1, -0.05) is 107 Å². The van der Waals surface area contributed by atoms with Crippen molar-refractivity contribution in [1.29, 1.82) is 0 Å². The third-order valence-electron chi connectivity index (χ3n) is 8.33. The van der Waals surface area contributed by atoms with Crippen LogP contribution in [0.4, 0.5) is 0 Å². The molecule has 0 spiro atoms. The van der Waals surface area contributed by atoms with Crippen LogP contribution in [0, 0.1) is 29.6 Å². The molecule has 180 valence electrons. The Balaban J connectivity index is 1.27. The fraction of sp³-hybridized carbons (Fsp3) is 0.529. The molecule has 0 aliphatic heterocycles. The second-order valence-electron chi connectivity index (χ2n) is 10.8. The van der Waals surface area contributed by atoms with Crippen molar-refractivity contribution < 1.29 is 0 Å². The molecular weight excluding hydrogens is 408 g/mol. The largest absolute Gasteiger partial charge is 0.0726 e. The van der Waals surface area contributed by atoms with Gasteiger partial charge in [-0.15, -0.1) is 0 Å². The van der Waals surface area contributed by atoms with Crippen molar-refractivity contribution in [3.05, 3.63) is 71.3 Å². The van der Waals surface area contributed by atoms with Crippen LogP contribution in [0.1, 0.15) is 102 Å². The molecule has 2 aliphatic rings. The molecule has 1 unspecified atom stereocenters. The van der Waals surface area contributed by atoms with E-state index in [4.69, 9.17) is 0 Å². The summed E-state index contributed by atoms with van der Waals surface area (Å²) in [7, 11) is 0. The number of hydrogen-bond acceptors (Lipinski definition) is 0. The zero-order chi connectivity index (χ0) is 23.6. The molecule has 1 fully saturated rings. The quantitative estimate of drug-likeness (QED) is 0.350. The van der Waals surface area contributed by atoms with Crippen LogP contribution in [-0.2, 0) is 6.42 Å². The van der Waals surface area contributed by atoms with Gasteiger partial charge in [-0.05, 0) is 97.1 Å². The van der Waals surface area contributed by atoms with Gasteiger partial charge in [-0.25, -0.2) is 0 Å². The summed E-state index contributed by atoms with van der Waals surface area (Å²) in [6.07, 6.45) is 20.1. The molecule has 0 nitrogen and oxygen atoms in total. The van der Waals surface area contributed by atoms with E-state index in [9.17, 15) is 0 Å². The van der Waals surface area contributed by atoms with Crippen molar-refractivity contribution in [2.24, 2.45) is 17.8 Å². The minimum absolute atomic E-state index is 0.908. The topological polar surface area (TPSA) is 0 Å². The monoisotopic (exact) mass is 452 g/mol. The molecule has 2 aromatic rings. The van der Waals surface area contributed by atoms with Crippen LogP contribution in [0.25, 0.3) is 11.1 Å². The number of benzene rings is 2. The summed E-state index contributed by atoms with van der Waals surface area (Å²) in [4.78, 5) is 0. The van der Waals surface area contributed by atoms with Crippen molar-refractivity contribution in [2.45, 2.75) is 97.3 Å². The highest BCUT2D eigenvalue weighted by molar-refractivity contribution is 5.64. The van der Waals surface area contributed by atoms with Crippen LogP contribution in [0.2, 0.25) is 0 Å². The SMILES string of the molecule is CCCCc1ccc(-c2ccc(C#CC3=CCC(C4CCC(CCCC)CC4)CC3)cc2)cc1. The van der Waals surface area contributed by atoms with Crippen molar-refractivity contribution in [2.75, 3.05) is 0 Å². The summed E-state index contributed by atoms with van der Waals surface area (Å²) in [5.41, 5.74) is 6.49. The fourth-order valence-electron chi connectivity index (χ4n) is 5.98. The highest BCUT2D eigenvalue weighted by Crippen LogP contribution is 2.40. The van der Waals surface area contributed by atoms with Gasteiger partial charge < -0.3 is 0 Å². The lowest BCUT2D eigenvalue weighted by Gasteiger charge is -2.35. The maximum absolute atomic E-state index is 3.49. The van der Waals surface area contributed by atoms with E-state index in [0.717, 1.165) is 23.3 Å². The first-order valence-electron chi connectivity index (χ1n) is 14.2. The Bertz CT molecular complexity index is 955. The first kappa shape index (κ1) is 24.9. The average molecular weight is 453 g/mol. The number of unbranched alkanes of at least 4 members (excludes halogenated alkanes) is 2. The maximum Gasteiger partial charge on any atom is 0.0249 e. The van der Waals surface area contributed by atoms with E-state index in [-0.39, 0.29) is 0 Å². The molecule has 1 atom stereocenters. The number of aryl methyl sites for hydroxylation is 1. The average Bonchev–Trinajstić information content (AvgIpc) is 2.91. The van der Waals surface area contributed by atoms with E-state index < -0.39 is 0 Å². The Labute approximate surface area is 209 Å². The van der Waals surface area contributed by atoms with Gasteiger partial charge in [0, 0.05) is 5.56 Å². The van der Waals surface area contributed by atoms with E-state index in [1.54, 1.807) is 0 Å². The van der Waals surface area contributed by atoms with E-state index in [2.05, 4.69) is 80.3 Å². The molecule has 0 aromatic heterocycles. The first-order valence-corrected chi connectivity index (χ1v) is 14.2. The molecular formula is C34H44. The zero-order valence-electron chi connectivity index (χ0n) is 21.6. The summed E-state index contributed by atoms with van der Waals surface area (Å²) in [5, 5.41) is 0. The van der Waals surface area contributed by atoms with Gasteiger partial charge in [0.1, 0.15) is 0 Å². The lowest BCUT2D eigenvalue weighted by atomic mass is 9.71. The molecule has 0 saturated heterocycles. The lowest BCUT2D eigenvalue weighted by Crippen LogP contribution is -2.23.